The Hall–Kier alpha value is -2.87. The zero-order valence-electron chi connectivity index (χ0n) is 19.8. The molecule has 2 N–H and O–H groups in total. The Kier molecular flexibility index (Phi) is 8.02. The van der Waals surface area contributed by atoms with E-state index in [1.165, 1.54) is 6.08 Å². The van der Waals surface area contributed by atoms with Gasteiger partial charge < -0.3 is 15.5 Å². The summed E-state index contributed by atoms with van der Waals surface area (Å²) in [7, 11) is 4.04. The quantitative estimate of drug-likeness (QED) is 0.507. The summed E-state index contributed by atoms with van der Waals surface area (Å²) in [6.45, 7) is 11.4. The molecule has 2 unspecified atom stereocenters. The Balaban J connectivity index is 1.91. The molecular weight excluding hydrogens is 441 g/mol. The first-order chi connectivity index (χ1) is 16.0. The molecular formula is C26H33F3N4O. The number of aromatic nitrogens is 1. The fourth-order valence-electron chi connectivity index (χ4n) is 4.34. The Morgan fingerprint density at radius 2 is 1.94 bits per heavy atom. The molecule has 2 aliphatic carbocycles. The van der Waals surface area contributed by atoms with E-state index in [-0.39, 0.29) is 35.7 Å². The van der Waals surface area contributed by atoms with Crippen molar-refractivity contribution in [3.05, 3.63) is 54.4 Å². The lowest BCUT2D eigenvalue weighted by Gasteiger charge is -2.29. The number of nitrogens with zero attached hydrogens (tertiary/aromatic N) is 2. The molecule has 1 heterocycles. The highest BCUT2D eigenvalue weighted by molar-refractivity contribution is 5.82. The number of halogens is 3. The maximum Gasteiger partial charge on any atom is 0.417 e. The van der Waals surface area contributed by atoms with Crippen LogP contribution >= 0.6 is 0 Å². The third-order valence-electron chi connectivity index (χ3n) is 6.37. The van der Waals surface area contributed by atoms with E-state index in [0.717, 1.165) is 32.1 Å². The van der Waals surface area contributed by atoms with Gasteiger partial charge in [0, 0.05) is 41.4 Å². The van der Waals surface area contributed by atoms with E-state index in [1.54, 1.807) is 18.2 Å². The monoisotopic (exact) mass is 474 g/mol. The number of alkyl halides is 3. The third kappa shape index (κ3) is 6.17. The Morgan fingerprint density at radius 3 is 2.53 bits per heavy atom. The minimum absolute atomic E-state index is 0.00368. The van der Waals surface area contributed by atoms with Crippen LogP contribution in [0.5, 0.6) is 0 Å². The predicted molar refractivity (Wildman–Crippen MR) is 131 cm³/mol. The topological polar surface area (TPSA) is 57.3 Å². The molecule has 34 heavy (non-hydrogen) atoms. The Labute approximate surface area is 199 Å². The standard InChI is InChI=1S/C26H33F3N4O/c1-6-20-21(17(3)31-22-10-7-11-23(22)33(4)5)15-19(32-24(20)16(2)26(27,28)29)9-8-14-30-25(34)18-12-13-18/h6,8-9,15,18,22-23,31H,1-3,7,10-14H2,4-5H3,(H,30,34)/b9-8+. The number of carbonyl (C=O) groups is 1. The average Bonchev–Trinajstić information content (AvgIpc) is 3.53. The Morgan fingerprint density at radius 1 is 1.24 bits per heavy atom. The van der Waals surface area contributed by atoms with Crippen LogP contribution in [0.15, 0.2) is 31.9 Å². The van der Waals surface area contributed by atoms with Crippen LogP contribution in [0.4, 0.5) is 13.2 Å². The van der Waals surface area contributed by atoms with E-state index in [4.69, 9.17) is 0 Å². The maximum absolute atomic E-state index is 13.6. The normalized spacial score (nSPS) is 20.5. The molecule has 0 spiro atoms. The van der Waals surface area contributed by atoms with Gasteiger partial charge in [-0.2, -0.15) is 13.2 Å². The molecule has 2 fully saturated rings. The molecule has 5 nitrogen and oxygen atoms in total. The van der Waals surface area contributed by atoms with Crippen molar-refractivity contribution in [1.82, 2.24) is 20.5 Å². The molecule has 2 atom stereocenters. The zero-order chi connectivity index (χ0) is 25.0. The zero-order valence-corrected chi connectivity index (χ0v) is 19.8. The number of hydrogen-bond acceptors (Lipinski definition) is 4. The van der Waals surface area contributed by atoms with Crippen LogP contribution in [0.25, 0.3) is 23.4 Å². The number of nitrogens with one attached hydrogen (secondary N) is 2. The van der Waals surface area contributed by atoms with Gasteiger partial charge in [0.1, 0.15) is 0 Å². The van der Waals surface area contributed by atoms with E-state index in [0.29, 0.717) is 23.0 Å². The summed E-state index contributed by atoms with van der Waals surface area (Å²) in [5.74, 6) is 0.0821. The number of carbonyl (C=O) groups excluding carboxylic acids is 1. The van der Waals surface area contributed by atoms with Crippen molar-refractivity contribution in [1.29, 1.82) is 0 Å². The van der Waals surface area contributed by atoms with Crippen LogP contribution < -0.4 is 10.6 Å². The van der Waals surface area contributed by atoms with E-state index in [1.807, 2.05) is 14.1 Å². The summed E-state index contributed by atoms with van der Waals surface area (Å²) in [5.41, 5.74) is 0.250. The SMILES string of the molecule is C=Cc1c(C(=C)NC2CCCC2N(C)C)cc(/C=C/CNC(=O)C2CC2)nc1C(=C)C(F)(F)F. The van der Waals surface area contributed by atoms with Crippen LogP contribution in [-0.4, -0.2) is 54.7 Å². The van der Waals surface area contributed by atoms with Gasteiger partial charge in [-0.1, -0.05) is 31.9 Å². The molecule has 1 amide bonds. The smallest absolute Gasteiger partial charge is 0.381 e. The second kappa shape index (κ2) is 10.6. The van der Waals surface area contributed by atoms with Crippen molar-refractivity contribution in [2.75, 3.05) is 20.6 Å². The van der Waals surface area contributed by atoms with Gasteiger partial charge >= 0.3 is 6.18 Å². The van der Waals surface area contributed by atoms with Crippen molar-refractivity contribution in [3.63, 3.8) is 0 Å². The summed E-state index contributed by atoms with van der Waals surface area (Å²) in [6, 6.07) is 2.14. The predicted octanol–water partition coefficient (Wildman–Crippen LogP) is 4.88. The fourth-order valence-corrected chi connectivity index (χ4v) is 4.34. The summed E-state index contributed by atoms with van der Waals surface area (Å²) in [4.78, 5) is 18.2. The van der Waals surface area contributed by atoms with E-state index in [9.17, 15) is 18.0 Å². The van der Waals surface area contributed by atoms with Gasteiger partial charge in [0.25, 0.3) is 0 Å². The summed E-state index contributed by atoms with van der Waals surface area (Å²) >= 11 is 0. The maximum atomic E-state index is 13.6. The molecule has 1 aromatic heterocycles. The molecule has 8 heteroatoms. The first kappa shape index (κ1) is 25.7. The van der Waals surface area contributed by atoms with Crippen molar-refractivity contribution in [2.45, 2.75) is 50.4 Å². The van der Waals surface area contributed by atoms with Crippen LogP contribution in [0.2, 0.25) is 0 Å². The van der Waals surface area contributed by atoms with Crippen molar-refractivity contribution < 1.29 is 18.0 Å². The number of pyridine rings is 1. The van der Waals surface area contributed by atoms with Crippen molar-refractivity contribution >= 4 is 29.3 Å². The number of hydrogen-bond donors (Lipinski definition) is 2. The highest BCUT2D eigenvalue weighted by atomic mass is 19.4. The van der Waals surface area contributed by atoms with E-state index in [2.05, 4.69) is 40.3 Å². The second-order valence-electron chi connectivity index (χ2n) is 9.15. The molecule has 3 rings (SSSR count). The van der Waals surface area contributed by atoms with E-state index < -0.39 is 11.7 Å². The van der Waals surface area contributed by atoms with Gasteiger partial charge in [-0.25, -0.2) is 4.98 Å². The largest absolute Gasteiger partial charge is 0.417 e. The molecule has 0 saturated heterocycles. The van der Waals surface area contributed by atoms with E-state index >= 15 is 0 Å². The lowest BCUT2D eigenvalue weighted by atomic mass is 9.97. The summed E-state index contributed by atoms with van der Waals surface area (Å²) < 4.78 is 40.7. The van der Waals surface area contributed by atoms with Crippen LogP contribution in [0.1, 0.15) is 54.6 Å². The second-order valence-corrected chi connectivity index (χ2v) is 9.15. The number of rotatable bonds is 10. The van der Waals surface area contributed by atoms with Gasteiger partial charge in [-0.05, 0) is 58.3 Å². The number of allylic oxidation sites excluding steroid dienone is 1. The van der Waals surface area contributed by atoms with Gasteiger partial charge in [0.05, 0.1) is 17.0 Å². The molecule has 0 bridgehead atoms. The minimum Gasteiger partial charge on any atom is -0.381 e. The van der Waals surface area contributed by atoms with Crippen LogP contribution in [0.3, 0.4) is 0 Å². The highest BCUT2D eigenvalue weighted by Crippen LogP contribution is 2.36. The lowest BCUT2D eigenvalue weighted by molar-refractivity contribution is -0.122. The molecule has 0 aromatic carbocycles. The molecule has 1 aromatic rings. The average molecular weight is 475 g/mol. The number of amides is 1. The first-order valence-corrected chi connectivity index (χ1v) is 11.5. The van der Waals surface area contributed by atoms with Crippen molar-refractivity contribution in [3.8, 4) is 0 Å². The van der Waals surface area contributed by atoms with Crippen molar-refractivity contribution in [2.24, 2.45) is 5.92 Å². The van der Waals surface area contributed by atoms with Crippen LogP contribution in [0, 0.1) is 5.92 Å². The molecule has 2 saturated carbocycles. The number of likely N-dealkylation sites (N-methyl/N-ethyl adjacent to an activating group) is 1. The van der Waals surface area contributed by atoms with Crippen LogP contribution in [-0.2, 0) is 4.79 Å². The van der Waals surface area contributed by atoms with Gasteiger partial charge in [-0.3, -0.25) is 4.79 Å². The summed E-state index contributed by atoms with van der Waals surface area (Å²) in [5, 5.41) is 6.23. The fraction of sp³-hybridized carbons (Fsp3) is 0.462. The third-order valence-corrected chi connectivity index (χ3v) is 6.37. The summed E-state index contributed by atoms with van der Waals surface area (Å²) in [6.07, 6.45) is 4.86. The highest BCUT2D eigenvalue weighted by Gasteiger charge is 2.36. The minimum atomic E-state index is -4.64. The van der Waals surface area contributed by atoms with Gasteiger partial charge in [0.15, 0.2) is 0 Å². The van der Waals surface area contributed by atoms with Gasteiger partial charge in [0.2, 0.25) is 5.91 Å². The molecule has 0 radical (unpaired) electrons. The molecule has 2 aliphatic rings. The first-order valence-electron chi connectivity index (χ1n) is 11.5. The lowest BCUT2D eigenvalue weighted by Crippen LogP contribution is -2.42. The Bertz CT molecular complexity index is 992. The molecule has 184 valence electrons. The van der Waals surface area contributed by atoms with Gasteiger partial charge in [-0.15, -0.1) is 0 Å². The molecule has 0 aliphatic heterocycles.